The molecule has 2 amide bonds. The average Bonchev–Trinajstić information content (AvgIpc) is 2.85. The van der Waals surface area contributed by atoms with Crippen molar-refractivity contribution in [2.75, 3.05) is 26.7 Å². The first kappa shape index (κ1) is 25.9. The van der Waals surface area contributed by atoms with E-state index in [-0.39, 0.29) is 24.1 Å². The van der Waals surface area contributed by atoms with Gasteiger partial charge in [0.2, 0.25) is 11.8 Å². The van der Waals surface area contributed by atoms with E-state index in [1.807, 2.05) is 6.07 Å². The van der Waals surface area contributed by atoms with Crippen molar-refractivity contribution in [2.45, 2.75) is 49.5 Å². The number of hydrogen-bond acceptors (Lipinski definition) is 6. The first-order valence-corrected chi connectivity index (χ1v) is 11.8. The molecule has 0 radical (unpaired) electrons. The first-order chi connectivity index (χ1) is 17.1. The molecule has 0 bridgehead atoms. The van der Waals surface area contributed by atoms with E-state index < -0.39 is 23.2 Å². The van der Waals surface area contributed by atoms with Crippen LogP contribution in [0.25, 0.3) is 0 Å². The van der Waals surface area contributed by atoms with Gasteiger partial charge in [0.25, 0.3) is 5.91 Å². The quantitative estimate of drug-likeness (QED) is 0.533. The van der Waals surface area contributed by atoms with E-state index in [1.54, 1.807) is 19.4 Å². The van der Waals surface area contributed by atoms with Crippen molar-refractivity contribution in [3.8, 4) is 5.88 Å². The largest absolute Gasteiger partial charge is 0.481 e. The van der Waals surface area contributed by atoms with Gasteiger partial charge in [-0.25, -0.2) is 4.98 Å². The summed E-state index contributed by atoms with van der Waals surface area (Å²) in [6, 6.07) is 7.70. The second kappa shape index (κ2) is 10.4. The van der Waals surface area contributed by atoms with Gasteiger partial charge in [0.1, 0.15) is 0 Å². The molecule has 4 rings (SSSR count). The van der Waals surface area contributed by atoms with Gasteiger partial charge >= 0.3 is 6.18 Å². The van der Waals surface area contributed by atoms with Crippen molar-refractivity contribution in [1.82, 2.24) is 20.5 Å². The standard InChI is InChI=1S/C25H29F3N4O4/c1-36-22-7-6-18(12-29-22)24(35)10-8-20(9-11-24)32-14-19(15-32)31-21(33)13-30-23(34)16-2-4-17(5-3-16)25(26,27)28/h2-7,12,19-20,35H,8-11,13-15H2,1H3,(H,30,34)(H,31,33). The van der Waals surface area contributed by atoms with Crippen molar-refractivity contribution >= 4 is 11.8 Å². The molecule has 8 nitrogen and oxygen atoms in total. The summed E-state index contributed by atoms with van der Waals surface area (Å²) in [5.74, 6) is -0.468. The predicted molar refractivity (Wildman–Crippen MR) is 124 cm³/mol. The number of aliphatic hydroxyl groups is 1. The van der Waals surface area contributed by atoms with Crippen molar-refractivity contribution in [1.29, 1.82) is 0 Å². The van der Waals surface area contributed by atoms with Gasteiger partial charge in [-0.15, -0.1) is 0 Å². The number of halogens is 3. The second-order valence-corrected chi connectivity index (χ2v) is 9.33. The number of carbonyl (C=O) groups is 2. The summed E-state index contributed by atoms with van der Waals surface area (Å²) < 4.78 is 43.0. The third-order valence-electron chi connectivity index (χ3n) is 6.94. The number of amides is 2. The number of aromatic nitrogens is 1. The second-order valence-electron chi connectivity index (χ2n) is 9.33. The minimum absolute atomic E-state index is 0.0351. The fourth-order valence-corrected chi connectivity index (χ4v) is 4.76. The minimum atomic E-state index is -4.47. The van der Waals surface area contributed by atoms with Crippen LogP contribution in [0.2, 0.25) is 0 Å². The summed E-state index contributed by atoms with van der Waals surface area (Å²) in [7, 11) is 1.55. The molecule has 0 unspecified atom stereocenters. The van der Waals surface area contributed by atoms with Crippen LogP contribution in [0.1, 0.15) is 47.2 Å². The number of nitrogens with one attached hydrogen (secondary N) is 2. The molecule has 0 atom stereocenters. The van der Waals surface area contributed by atoms with E-state index in [4.69, 9.17) is 4.74 Å². The lowest BCUT2D eigenvalue weighted by molar-refractivity contribution is -0.137. The highest BCUT2D eigenvalue weighted by molar-refractivity contribution is 5.96. The Hall–Kier alpha value is -3.18. The molecule has 1 aliphatic carbocycles. The number of likely N-dealkylation sites (tertiary alicyclic amines) is 1. The summed E-state index contributed by atoms with van der Waals surface area (Å²) >= 11 is 0. The Morgan fingerprint density at radius 1 is 1.14 bits per heavy atom. The molecule has 1 saturated heterocycles. The smallest absolute Gasteiger partial charge is 0.416 e. The van der Waals surface area contributed by atoms with Crippen LogP contribution in [-0.2, 0) is 16.6 Å². The van der Waals surface area contributed by atoms with Gasteiger partial charge in [-0.2, -0.15) is 13.2 Å². The van der Waals surface area contributed by atoms with Gasteiger partial charge in [0.15, 0.2) is 0 Å². The number of rotatable bonds is 7. The van der Waals surface area contributed by atoms with Gasteiger partial charge in [-0.05, 0) is 56.0 Å². The van der Waals surface area contributed by atoms with Crippen LogP contribution in [0, 0.1) is 0 Å². The summed E-state index contributed by atoms with van der Waals surface area (Å²) in [6.45, 7) is 1.11. The van der Waals surface area contributed by atoms with Gasteiger partial charge in [-0.1, -0.05) is 0 Å². The fraction of sp³-hybridized carbons (Fsp3) is 0.480. The van der Waals surface area contributed by atoms with E-state index in [2.05, 4.69) is 20.5 Å². The molecule has 2 fully saturated rings. The minimum Gasteiger partial charge on any atom is -0.481 e. The first-order valence-electron chi connectivity index (χ1n) is 11.8. The zero-order valence-corrected chi connectivity index (χ0v) is 19.8. The van der Waals surface area contributed by atoms with Crippen molar-refractivity contribution in [3.63, 3.8) is 0 Å². The van der Waals surface area contributed by atoms with E-state index in [0.717, 1.165) is 42.7 Å². The number of carbonyl (C=O) groups excluding carboxylic acids is 2. The molecule has 3 N–H and O–H groups in total. The van der Waals surface area contributed by atoms with E-state index in [1.165, 1.54) is 0 Å². The monoisotopic (exact) mass is 506 g/mol. The molecule has 1 aromatic heterocycles. The molecular weight excluding hydrogens is 477 g/mol. The third-order valence-corrected chi connectivity index (χ3v) is 6.94. The van der Waals surface area contributed by atoms with E-state index in [0.29, 0.717) is 37.9 Å². The number of benzene rings is 1. The zero-order chi connectivity index (χ0) is 25.9. The maximum absolute atomic E-state index is 12.6. The van der Waals surface area contributed by atoms with Gasteiger partial charge < -0.3 is 20.5 Å². The highest BCUT2D eigenvalue weighted by Gasteiger charge is 2.40. The highest BCUT2D eigenvalue weighted by atomic mass is 19.4. The van der Waals surface area contributed by atoms with Crippen molar-refractivity contribution in [2.24, 2.45) is 0 Å². The van der Waals surface area contributed by atoms with E-state index >= 15 is 0 Å². The lowest BCUT2D eigenvalue weighted by Gasteiger charge is -2.48. The molecule has 2 aliphatic rings. The molecule has 194 valence electrons. The molecule has 0 spiro atoms. The Kier molecular flexibility index (Phi) is 7.51. The topological polar surface area (TPSA) is 104 Å². The van der Waals surface area contributed by atoms with Crippen LogP contribution in [0.4, 0.5) is 13.2 Å². The Bertz CT molecular complexity index is 1060. The maximum Gasteiger partial charge on any atom is 0.416 e. The van der Waals surface area contributed by atoms with Crippen LogP contribution in [0.15, 0.2) is 42.6 Å². The van der Waals surface area contributed by atoms with Crippen LogP contribution in [0.3, 0.4) is 0 Å². The van der Waals surface area contributed by atoms with E-state index in [9.17, 15) is 27.9 Å². The molecule has 36 heavy (non-hydrogen) atoms. The SMILES string of the molecule is COc1ccc(C2(O)CCC(N3CC(NC(=O)CNC(=O)c4ccc(C(F)(F)F)cc4)C3)CC2)cn1. The summed E-state index contributed by atoms with van der Waals surface area (Å²) in [4.78, 5) is 30.8. The Morgan fingerprint density at radius 2 is 1.81 bits per heavy atom. The summed E-state index contributed by atoms with van der Waals surface area (Å²) in [5, 5.41) is 16.4. The molecule has 1 aliphatic heterocycles. The Balaban J connectivity index is 1.16. The van der Waals surface area contributed by atoms with Gasteiger partial charge in [-0.3, -0.25) is 14.5 Å². The number of nitrogens with zero attached hydrogens (tertiary/aromatic N) is 2. The predicted octanol–water partition coefficient (Wildman–Crippen LogP) is 2.47. The number of pyridine rings is 1. The van der Waals surface area contributed by atoms with Crippen LogP contribution < -0.4 is 15.4 Å². The third kappa shape index (κ3) is 5.96. The molecule has 1 aromatic carbocycles. The van der Waals surface area contributed by atoms with Crippen molar-refractivity contribution < 1.29 is 32.6 Å². The van der Waals surface area contributed by atoms with Crippen LogP contribution in [-0.4, -0.2) is 65.6 Å². The molecule has 2 aromatic rings. The molecule has 2 heterocycles. The highest BCUT2D eigenvalue weighted by Crippen LogP contribution is 2.39. The normalized spacial score (nSPS) is 23.0. The summed E-state index contributed by atoms with van der Waals surface area (Å²) in [5.41, 5.74) is -0.909. The fourth-order valence-electron chi connectivity index (χ4n) is 4.76. The summed E-state index contributed by atoms with van der Waals surface area (Å²) in [6.07, 6.45) is 0.0756. The number of alkyl halides is 3. The number of ether oxygens (including phenoxy) is 1. The van der Waals surface area contributed by atoms with Gasteiger partial charge in [0, 0.05) is 42.5 Å². The number of hydrogen-bond donors (Lipinski definition) is 3. The number of methoxy groups -OCH3 is 1. The van der Waals surface area contributed by atoms with Gasteiger partial charge in [0.05, 0.1) is 30.9 Å². The Morgan fingerprint density at radius 3 is 2.36 bits per heavy atom. The van der Waals surface area contributed by atoms with Crippen LogP contribution >= 0.6 is 0 Å². The molecule has 11 heteroatoms. The lowest BCUT2D eigenvalue weighted by atomic mass is 9.77. The molecule has 1 saturated carbocycles. The zero-order valence-electron chi connectivity index (χ0n) is 19.8. The van der Waals surface area contributed by atoms with Crippen molar-refractivity contribution in [3.05, 3.63) is 59.3 Å². The maximum atomic E-state index is 12.6. The Labute approximate surface area is 206 Å². The molecular formula is C25H29F3N4O4. The van der Waals surface area contributed by atoms with Crippen LogP contribution in [0.5, 0.6) is 5.88 Å². The average molecular weight is 507 g/mol. The lowest BCUT2D eigenvalue weighted by Crippen LogP contribution is -2.63.